The minimum Gasteiger partial charge on any atom is -0.370 e. The average Bonchev–Trinajstić information content (AvgIpc) is 2.75. The molecule has 32 heavy (non-hydrogen) atoms. The summed E-state index contributed by atoms with van der Waals surface area (Å²) in [5, 5.41) is 6.53. The highest BCUT2D eigenvalue weighted by Gasteiger charge is 2.29. The lowest BCUT2D eigenvalue weighted by atomic mass is 9.79. The SMILES string of the molecule is CC(C)(C)CCNCCCNC(=O)CCN1CCC(C2CCN(CCC(N)=O)CC2)CC1. The first-order valence-corrected chi connectivity index (χ1v) is 12.9. The van der Waals surface area contributed by atoms with Crippen LogP contribution in [0.15, 0.2) is 0 Å². The Morgan fingerprint density at radius 2 is 1.38 bits per heavy atom. The molecule has 0 spiro atoms. The van der Waals surface area contributed by atoms with Crippen LogP contribution in [0.3, 0.4) is 0 Å². The van der Waals surface area contributed by atoms with Gasteiger partial charge in [0.25, 0.3) is 0 Å². The van der Waals surface area contributed by atoms with Gasteiger partial charge in [-0.2, -0.15) is 0 Å². The fourth-order valence-corrected chi connectivity index (χ4v) is 4.94. The number of primary amides is 1. The van der Waals surface area contributed by atoms with Crippen molar-refractivity contribution in [1.82, 2.24) is 20.4 Å². The maximum atomic E-state index is 12.2. The van der Waals surface area contributed by atoms with Crippen LogP contribution in [0.2, 0.25) is 0 Å². The summed E-state index contributed by atoms with van der Waals surface area (Å²) in [6.45, 7) is 15.7. The fourth-order valence-electron chi connectivity index (χ4n) is 4.94. The monoisotopic (exact) mass is 451 g/mol. The summed E-state index contributed by atoms with van der Waals surface area (Å²) in [6.07, 6.45) is 8.26. The van der Waals surface area contributed by atoms with Crippen molar-refractivity contribution in [2.75, 3.05) is 58.9 Å². The van der Waals surface area contributed by atoms with Gasteiger partial charge in [0.15, 0.2) is 0 Å². The van der Waals surface area contributed by atoms with E-state index in [1.165, 1.54) is 32.1 Å². The first-order valence-electron chi connectivity index (χ1n) is 12.9. The van der Waals surface area contributed by atoms with E-state index < -0.39 is 0 Å². The Bertz CT molecular complexity index is 547. The third kappa shape index (κ3) is 11.6. The summed E-state index contributed by atoms with van der Waals surface area (Å²) < 4.78 is 0. The first-order chi connectivity index (χ1) is 15.2. The van der Waals surface area contributed by atoms with E-state index >= 15 is 0 Å². The quantitative estimate of drug-likeness (QED) is 0.374. The van der Waals surface area contributed by atoms with E-state index in [0.29, 0.717) is 18.3 Å². The van der Waals surface area contributed by atoms with E-state index in [1.54, 1.807) is 0 Å². The van der Waals surface area contributed by atoms with Crippen LogP contribution in [0, 0.1) is 17.3 Å². The number of hydrogen-bond acceptors (Lipinski definition) is 5. The van der Waals surface area contributed by atoms with Crippen molar-refractivity contribution < 1.29 is 9.59 Å². The van der Waals surface area contributed by atoms with Gasteiger partial charge in [-0.1, -0.05) is 20.8 Å². The van der Waals surface area contributed by atoms with Crippen LogP contribution in [0.5, 0.6) is 0 Å². The highest BCUT2D eigenvalue weighted by Crippen LogP contribution is 2.32. The maximum absolute atomic E-state index is 12.2. The van der Waals surface area contributed by atoms with Crippen molar-refractivity contribution in [2.24, 2.45) is 23.0 Å². The van der Waals surface area contributed by atoms with Gasteiger partial charge in [0.2, 0.25) is 11.8 Å². The van der Waals surface area contributed by atoms with Gasteiger partial charge < -0.3 is 26.2 Å². The maximum Gasteiger partial charge on any atom is 0.221 e. The largest absolute Gasteiger partial charge is 0.370 e. The van der Waals surface area contributed by atoms with Crippen LogP contribution in [0.4, 0.5) is 0 Å². The second-order valence-electron chi connectivity index (χ2n) is 11.1. The predicted molar refractivity (Wildman–Crippen MR) is 131 cm³/mol. The van der Waals surface area contributed by atoms with Crippen LogP contribution in [-0.4, -0.2) is 80.5 Å². The minimum absolute atomic E-state index is 0.185. The summed E-state index contributed by atoms with van der Waals surface area (Å²) in [5.74, 6) is 1.63. The summed E-state index contributed by atoms with van der Waals surface area (Å²) in [4.78, 5) is 28.0. The average molecular weight is 452 g/mol. The van der Waals surface area contributed by atoms with Crippen molar-refractivity contribution in [3.63, 3.8) is 0 Å². The number of nitrogens with one attached hydrogen (secondary N) is 2. The minimum atomic E-state index is -0.197. The molecule has 2 fully saturated rings. The molecule has 4 N–H and O–H groups in total. The van der Waals surface area contributed by atoms with E-state index in [2.05, 4.69) is 41.2 Å². The topological polar surface area (TPSA) is 90.7 Å². The lowest BCUT2D eigenvalue weighted by Gasteiger charge is -2.40. The molecule has 0 aliphatic carbocycles. The second kappa shape index (κ2) is 14.2. The third-order valence-corrected chi connectivity index (χ3v) is 7.16. The number of carbonyl (C=O) groups excluding carboxylic acids is 2. The van der Waals surface area contributed by atoms with Crippen molar-refractivity contribution in [1.29, 1.82) is 0 Å². The Labute approximate surface area is 196 Å². The van der Waals surface area contributed by atoms with E-state index in [4.69, 9.17) is 5.73 Å². The number of amides is 2. The Balaban J connectivity index is 1.47. The molecule has 2 rings (SSSR count). The zero-order valence-electron chi connectivity index (χ0n) is 21.0. The van der Waals surface area contributed by atoms with Crippen molar-refractivity contribution >= 4 is 11.8 Å². The van der Waals surface area contributed by atoms with Gasteiger partial charge in [0.05, 0.1) is 0 Å². The highest BCUT2D eigenvalue weighted by atomic mass is 16.1. The molecule has 2 amide bonds. The molecule has 2 aliphatic rings. The standard InChI is InChI=1S/C25H49N5O2/c1-25(2,3)11-14-27-12-4-13-28-24(32)10-20-30-17-7-22(8-18-30)21-5-15-29(16-6-21)19-9-23(26)31/h21-22,27H,4-20H2,1-3H3,(H2,26,31)(H,28,32). The molecule has 2 aliphatic heterocycles. The molecule has 2 heterocycles. The van der Waals surface area contributed by atoms with Gasteiger partial charge in [0.1, 0.15) is 0 Å². The molecule has 0 radical (unpaired) electrons. The molecule has 2 saturated heterocycles. The predicted octanol–water partition coefficient (Wildman–Crippen LogP) is 2.21. The van der Waals surface area contributed by atoms with E-state index in [0.717, 1.165) is 77.2 Å². The Kier molecular flexibility index (Phi) is 12.0. The summed E-state index contributed by atoms with van der Waals surface area (Å²) in [7, 11) is 0. The fraction of sp³-hybridized carbons (Fsp3) is 0.920. The summed E-state index contributed by atoms with van der Waals surface area (Å²) in [5.41, 5.74) is 5.65. The number of nitrogens with zero attached hydrogens (tertiary/aromatic N) is 2. The number of nitrogens with two attached hydrogens (primary N) is 1. The van der Waals surface area contributed by atoms with Gasteiger partial charge in [-0.3, -0.25) is 9.59 Å². The molecule has 7 heteroatoms. The zero-order valence-corrected chi connectivity index (χ0v) is 21.0. The molecule has 0 atom stereocenters. The lowest BCUT2D eigenvalue weighted by molar-refractivity contribution is -0.121. The number of piperidine rings is 2. The normalized spacial score (nSPS) is 19.8. The van der Waals surface area contributed by atoms with E-state index in [9.17, 15) is 9.59 Å². The first kappa shape index (κ1) is 27.1. The lowest BCUT2D eigenvalue weighted by Crippen LogP contribution is -2.42. The third-order valence-electron chi connectivity index (χ3n) is 7.16. The van der Waals surface area contributed by atoms with Gasteiger partial charge in [-0.05, 0) is 95.0 Å². The van der Waals surface area contributed by atoms with Crippen LogP contribution in [-0.2, 0) is 9.59 Å². The molecule has 0 unspecified atom stereocenters. The van der Waals surface area contributed by atoms with E-state index in [-0.39, 0.29) is 11.8 Å². The smallest absolute Gasteiger partial charge is 0.221 e. The second-order valence-corrected chi connectivity index (χ2v) is 11.1. The molecular formula is C25H49N5O2. The number of rotatable bonds is 13. The molecule has 0 saturated carbocycles. The number of likely N-dealkylation sites (tertiary alicyclic amines) is 2. The van der Waals surface area contributed by atoms with Crippen LogP contribution in [0.1, 0.15) is 72.1 Å². The zero-order chi connectivity index (χ0) is 23.4. The van der Waals surface area contributed by atoms with Gasteiger partial charge in [-0.25, -0.2) is 0 Å². The molecule has 0 aromatic heterocycles. The Morgan fingerprint density at radius 1 is 0.844 bits per heavy atom. The van der Waals surface area contributed by atoms with Crippen LogP contribution >= 0.6 is 0 Å². The molecular weight excluding hydrogens is 402 g/mol. The summed E-state index contributed by atoms with van der Waals surface area (Å²) >= 11 is 0. The Hall–Kier alpha value is -1.18. The van der Waals surface area contributed by atoms with E-state index in [1.807, 2.05) is 0 Å². The van der Waals surface area contributed by atoms with Gasteiger partial charge in [-0.15, -0.1) is 0 Å². The molecule has 0 aromatic rings. The van der Waals surface area contributed by atoms with Crippen LogP contribution < -0.4 is 16.4 Å². The van der Waals surface area contributed by atoms with Crippen molar-refractivity contribution in [3.05, 3.63) is 0 Å². The number of carbonyl (C=O) groups is 2. The van der Waals surface area contributed by atoms with Crippen LogP contribution in [0.25, 0.3) is 0 Å². The molecule has 0 bridgehead atoms. The molecule has 0 aromatic carbocycles. The number of hydrogen-bond donors (Lipinski definition) is 3. The van der Waals surface area contributed by atoms with Gasteiger partial charge >= 0.3 is 0 Å². The molecule has 186 valence electrons. The molecule has 7 nitrogen and oxygen atoms in total. The van der Waals surface area contributed by atoms with Gasteiger partial charge in [0, 0.05) is 32.5 Å². The van der Waals surface area contributed by atoms with Crippen molar-refractivity contribution in [2.45, 2.75) is 72.1 Å². The Morgan fingerprint density at radius 3 is 1.88 bits per heavy atom. The van der Waals surface area contributed by atoms with Crippen molar-refractivity contribution in [3.8, 4) is 0 Å². The summed E-state index contributed by atoms with van der Waals surface area (Å²) in [6, 6.07) is 0. The highest BCUT2D eigenvalue weighted by molar-refractivity contribution is 5.76.